The number of piperidine rings is 1. The molecule has 2 atom stereocenters. The summed E-state index contributed by atoms with van der Waals surface area (Å²) in [5.74, 6) is 0.789. The highest BCUT2D eigenvalue weighted by Gasteiger charge is 2.54. The minimum Gasteiger partial charge on any atom is -0.504 e. The van der Waals surface area contributed by atoms with Crippen molar-refractivity contribution in [2.24, 2.45) is 5.92 Å². The van der Waals surface area contributed by atoms with Gasteiger partial charge in [-0.2, -0.15) is 17.0 Å². The molecule has 8 nitrogen and oxygen atoms in total. The van der Waals surface area contributed by atoms with Gasteiger partial charge in [0.05, 0.1) is 19.3 Å². The van der Waals surface area contributed by atoms with Crippen LogP contribution in [0.25, 0.3) is 0 Å². The van der Waals surface area contributed by atoms with Gasteiger partial charge in [0.1, 0.15) is 5.60 Å². The van der Waals surface area contributed by atoms with Crippen LogP contribution in [0.15, 0.2) is 18.2 Å². The van der Waals surface area contributed by atoms with Gasteiger partial charge in [-0.05, 0) is 18.9 Å². The Morgan fingerprint density at radius 1 is 1.03 bits per heavy atom. The zero-order valence-electron chi connectivity index (χ0n) is 16.5. The molecule has 9 heteroatoms. The Balaban J connectivity index is 1.40. The highest BCUT2D eigenvalue weighted by Crippen LogP contribution is 2.55. The molecule has 0 aliphatic carbocycles. The average molecular weight is 425 g/mol. The molecule has 29 heavy (non-hydrogen) atoms. The van der Waals surface area contributed by atoms with Gasteiger partial charge < -0.3 is 19.3 Å². The lowest BCUT2D eigenvalue weighted by molar-refractivity contribution is -0.146. The Morgan fingerprint density at radius 2 is 1.76 bits per heavy atom. The molecule has 4 heterocycles. The quantitative estimate of drug-likeness (QED) is 0.777. The molecule has 0 unspecified atom stereocenters. The molecule has 1 aromatic carbocycles. The number of aromatic hydroxyl groups is 1. The van der Waals surface area contributed by atoms with Crippen molar-refractivity contribution in [3.8, 4) is 11.5 Å². The summed E-state index contributed by atoms with van der Waals surface area (Å²) in [4.78, 5) is 0. The van der Waals surface area contributed by atoms with E-state index in [0.717, 1.165) is 18.4 Å². The predicted molar refractivity (Wildman–Crippen MR) is 105 cm³/mol. The normalized spacial score (nSPS) is 30.3. The van der Waals surface area contributed by atoms with Crippen molar-refractivity contribution in [3.05, 3.63) is 23.8 Å². The van der Waals surface area contributed by atoms with Gasteiger partial charge in [0.15, 0.2) is 11.5 Å². The van der Waals surface area contributed by atoms with Crippen LogP contribution in [0.5, 0.6) is 11.5 Å². The maximum absolute atomic E-state index is 13.0. The van der Waals surface area contributed by atoms with Crippen LogP contribution in [0.1, 0.15) is 37.4 Å². The summed E-state index contributed by atoms with van der Waals surface area (Å²) in [6.07, 6.45) is 3.03. The number of hydrogen-bond donors (Lipinski definition) is 1. The van der Waals surface area contributed by atoms with Gasteiger partial charge in [-0.25, -0.2) is 0 Å². The van der Waals surface area contributed by atoms with Gasteiger partial charge in [0.25, 0.3) is 10.2 Å². The minimum absolute atomic E-state index is 0.109. The van der Waals surface area contributed by atoms with E-state index >= 15 is 0 Å². The first-order valence-corrected chi connectivity index (χ1v) is 11.9. The fourth-order valence-corrected chi connectivity index (χ4v) is 6.87. The summed E-state index contributed by atoms with van der Waals surface area (Å²) in [6, 6.07) is 5.42. The van der Waals surface area contributed by atoms with Gasteiger partial charge in [-0.1, -0.05) is 12.1 Å². The lowest BCUT2D eigenvalue weighted by Gasteiger charge is -2.53. The van der Waals surface area contributed by atoms with E-state index in [-0.39, 0.29) is 17.8 Å². The van der Waals surface area contributed by atoms with E-state index in [1.807, 2.05) is 12.1 Å². The van der Waals surface area contributed by atoms with Crippen molar-refractivity contribution in [3.63, 3.8) is 0 Å². The SMILES string of the molecule is O=S(=O)(N1CCOCC1)N1CCC2(CC1)Oc1c(O)cccc1[C@H]1OCCC[C@@H]12. The third-order valence-electron chi connectivity index (χ3n) is 6.83. The number of hydrogen-bond acceptors (Lipinski definition) is 6. The van der Waals surface area contributed by atoms with Crippen molar-refractivity contribution in [1.29, 1.82) is 0 Å². The summed E-state index contributed by atoms with van der Waals surface area (Å²) in [5, 5.41) is 10.4. The molecular weight excluding hydrogens is 396 g/mol. The fourth-order valence-electron chi connectivity index (χ4n) is 5.29. The minimum atomic E-state index is -3.49. The predicted octanol–water partition coefficient (Wildman–Crippen LogP) is 1.66. The van der Waals surface area contributed by atoms with Gasteiger partial charge >= 0.3 is 0 Å². The second-order valence-electron chi connectivity index (χ2n) is 8.32. The Labute approximate surface area is 171 Å². The smallest absolute Gasteiger partial charge is 0.282 e. The van der Waals surface area contributed by atoms with Crippen LogP contribution in [-0.2, 0) is 19.7 Å². The molecule has 3 fully saturated rings. The number of fused-ring (bicyclic) bond motifs is 4. The van der Waals surface area contributed by atoms with Crippen LogP contribution in [0.4, 0.5) is 0 Å². The summed E-state index contributed by atoms with van der Waals surface area (Å²) < 4.78 is 47.1. The molecule has 5 rings (SSSR count). The first kappa shape index (κ1) is 19.6. The monoisotopic (exact) mass is 424 g/mol. The van der Waals surface area contributed by atoms with Crippen LogP contribution in [0, 0.1) is 5.92 Å². The Kier molecular flexibility index (Phi) is 4.98. The first-order valence-electron chi connectivity index (χ1n) is 10.5. The molecule has 4 aliphatic rings. The fraction of sp³-hybridized carbons (Fsp3) is 0.700. The van der Waals surface area contributed by atoms with Crippen molar-refractivity contribution in [1.82, 2.24) is 8.61 Å². The number of ether oxygens (including phenoxy) is 3. The maximum atomic E-state index is 13.0. The van der Waals surface area contributed by atoms with Crippen molar-refractivity contribution >= 4 is 10.2 Å². The second-order valence-corrected chi connectivity index (χ2v) is 10.2. The van der Waals surface area contributed by atoms with Crippen LogP contribution in [0.2, 0.25) is 0 Å². The molecule has 1 aromatic rings. The number of morpholine rings is 1. The molecule has 0 radical (unpaired) electrons. The number of phenols is 1. The molecule has 3 saturated heterocycles. The van der Waals surface area contributed by atoms with E-state index in [2.05, 4.69) is 0 Å². The molecular formula is C20H28N2O6S. The van der Waals surface area contributed by atoms with Crippen LogP contribution >= 0.6 is 0 Å². The zero-order chi connectivity index (χ0) is 20.1. The van der Waals surface area contributed by atoms with E-state index < -0.39 is 15.8 Å². The van der Waals surface area contributed by atoms with Crippen LogP contribution in [0.3, 0.4) is 0 Å². The van der Waals surface area contributed by atoms with Crippen LogP contribution in [-0.4, -0.2) is 73.7 Å². The topological polar surface area (TPSA) is 88.5 Å². The number of para-hydroxylation sites is 1. The summed E-state index contributed by atoms with van der Waals surface area (Å²) in [5.41, 5.74) is 0.400. The average Bonchev–Trinajstić information content (AvgIpc) is 2.76. The number of benzene rings is 1. The van der Waals surface area contributed by atoms with E-state index in [9.17, 15) is 13.5 Å². The van der Waals surface area contributed by atoms with Crippen LogP contribution < -0.4 is 4.74 Å². The Hall–Kier alpha value is -1.39. The highest BCUT2D eigenvalue weighted by molar-refractivity contribution is 7.86. The van der Waals surface area contributed by atoms with E-state index in [4.69, 9.17) is 14.2 Å². The van der Waals surface area contributed by atoms with Gasteiger partial charge in [-0.15, -0.1) is 0 Å². The van der Waals surface area contributed by atoms with E-state index in [1.165, 1.54) is 4.31 Å². The van der Waals surface area contributed by atoms with Gasteiger partial charge in [0, 0.05) is 57.1 Å². The Bertz CT molecular complexity index is 862. The highest BCUT2D eigenvalue weighted by atomic mass is 32.2. The third kappa shape index (κ3) is 3.23. The maximum Gasteiger partial charge on any atom is 0.282 e. The van der Waals surface area contributed by atoms with Crippen molar-refractivity contribution in [2.45, 2.75) is 37.4 Å². The van der Waals surface area contributed by atoms with E-state index in [0.29, 0.717) is 64.6 Å². The molecule has 0 bridgehead atoms. The molecule has 1 N–H and O–H groups in total. The van der Waals surface area contributed by atoms with Gasteiger partial charge in [-0.3, -0.25) is 0 Å². The number of rotatable bonds is 2. The number of phenolic OH excluding ortho intramolecular Hbond substituents is 1. The zero-order valence-corrected chi connectivity index (χ0v) is 17.3. The molecule has 4 aliphatic heterocycles. The molecule has 0 amide bonds. The van der Waals surface area contributed by atoms with E-state index in [1.54, 1.807) is 10.4 Å². The second kappa shape index (κ2) is 7.39. The number of nitrogens with zero attached hydrogens (tertiary/aromatic N) is 2. The lowest BCUT2D eigenvalue weighted by atomic mass is 9.70. The summed E-state index contributed by atoms with van der Waals surface area (Å²) >= 11 is 0. The summed E-state index contributed by atoms with van der Waals surface area (Å²) in [7, 11) is -3.49. The lowest BCUT2D eigenvalue weighted by Crippen LogP contribution is -2.59. The van der Waals surface area contributed by atoms with Gasteiger partial charge in [0.2, 0.25) is 0 Å². The molecule has 0 saturated carbocycles. The third-order valence-corrected chi connectivity index (χ3v) is 8.86. The molecule has 160 valence electrons. The standard InChI is InChI=1S/C20H28N2O6S/c23-17-5-1-3-15-18-16(4-2-12-27-18)20(28-19(15)17)6-8-21(9-7-20)29(24,25)22-10-13-26-14-11-22/h1,3,5,16,18,23H,2,4,6-14H2/t16-,18+/m0/s1. The van der Waals surface area contributed by atoms with Crippen molar-refractivity contribution in [2.75, 3.05) is 46.0 Å². The Morgan fingerprint density at radius 3 is 2.52 bits per heavy atom. The van der Waals surface area contributed by atoms with Crippen molar-refractivity contribution < 1.29 is 27.7 Å². The first-order chi connectivity index (χ1) is 14.0. The summed E-state index contributed by atoms with van der Waals surface area (Å²) in [6.45, 7) is 3.20. The molecule has 1 spiro atoms. The molecule has 0 aromatic heterocycles. The largest absolute Gasteiger partial charge is 0.504 e.